The zero-order valence-corrected chi connectivity index (χ0v) is 11.7. The van der Waals surface area contributed by atoms with Gasteiger partial charge in [0.2, 0.25) is 0 Å². The van der Waals surface area contributed by atoms with Crippen molar-refractivity contribution in [2.24, 2.45) is 0 Å². The highest BCUT2D eigenvalue weighted by molar-refractivity contribution is 9.10. The fourth-order valence-electron chi connectivity index (χ4n) is 1.83. The monoisotopic (exact) mass is 315 g/mol. The van der Waals surface area contributed by atoms with Crippen LogP contribution in [0.25, 0.3) is 0 Å². The molecule has 0 heterocycles. The van der Waals surface area contributed by atoms with Crippen molar-refractivity contribution >= 4 is 21.8 Å². The Morgan fingerprint density at radius 1 is 1.56 bits per heavy atom. The fourth-order valence-corrected chi connectivity index (χ4v) is 2.20. The first-order valence-corrected chi connectivity index (χ1v) is 6.78. The Morgan fingerprint density at radius 3 is 2.89 bits per heavy atom. The summed E-state index contributed by atoms with van der Waals surface area (Å²) in [7, 11) is 0. The molecule has 1 aliphatic carbocycles. The third-order valence-electron chi connectivity index (χ3n) is 2.89. The van der Waals surface area contributed by atoms with Gasteiger partial charge in [-0.25, -0.2) is 4.39 Å². The normalized spacial score (nSPS) is 14.4. The largest absolute Gasteiger partial charge is 0.482 e. The van der Waals surface area contributed by atoms with Crippen molar-refractivity contribution in [2.45, 2.75) is 25.8 Å². The van der Waals surface area contributed by atoms with Crippen LogP contribution in [0.2, 0.25) is 0 Å². The Labute approximate surface area is 114 Å². The van der Waals surface area contributed by atoms with Gasteiger partial charge < -0.3 is 9.64 Å². The zero-order valence-electron chi connectivity index (χ0n) is 10.2. The summed E-state index contributed by atoms with van der Waals surface area (Å²) in [5.74, 6) is -0.0680. The van der Waals surface area contributed by atoms with Gasteiger partial charge in [0.1, 0.15) is 11.6 Å². The van der Waals surface area contributed by atoms with Crippen LogP contribution in [0.3, 0.4) is 0 Å². The van der Waals surface area contributed by atoms with E-state index in [9.17, 15) is 9.18 Å². The summed E-state index contributed by atoms with van der Waals surface area (Å²) in [6, 6.07) is 4.54. The van der Waals surface area contributed by atoms with E-state index in [1.54, 1.807) is 6.07 Å². The summed E-state index contributed by atoms with van der Waals surface area (Å²) in [5.41, 5.74) is 0. The Balaban J connectivity index is 1.94. The van der Waals surface area contributed by atoms with Crippen molar-refractivity contribution in [3.63, 3.8) is 0 Å². The molecule has 0 atom stereocenters. The van der Waals surface area contributed by atoms with Gasteiger partial charge in [0.05, 0.1) is 4.47 Å². The van der Waals surface area contributed by atoms with Gasteiger partial charge in [-0.2, -0.15) is 0 Å². The third-order valence-corrected chi connectivity index (χ3v) is 3.55. The fraction of sp³-hybridized carbons (Fsp3) is 0.462. The topological polar surface area (TPSA) is 29.5 Å². The van der Waals surface area contributed by atoms with Gasteiger partial charge in [0.25, 0.3) is 5.91 Å². The molecule has 98 valence electrons. The van der Waals surface area contributed by atoms with Crippen LogP contribution in [0.15, 0.2) is 22.7 Å². The van der Waals surface area contributed by atoms with E-state index in [0.29, 0.717) is 22.8 Å². The predicted molar refractivity (Wildman–Crippen MR) is 70.0 cm³/mol. The van der Waals surface area contributed by atoms with Gasteiger partial charge >= 0.3 is 0 Å². The molecule has 1 amide bonds. The highest BCUT2D eigenvalue weighted by atomic mass is 79.9. The molecule has 18 heavy (non-hydrogen) atoms. The molecular weight excluding hydrogens is 301 g/mol. The van der Waals surface area contributed by atoms with Crippen molar-refractivity contribution in [2.75, 3.05) is 13.2 Å². The lowest BCUT2D eigenvalue weighted by atomic mass is 10.3. The smallest absolute Gasteiger partial charge is 0.260 e. The minimum atomic E-state index is -0.379. The lowest BCUT2D eigenvalue weighted by Crippen LogP contribution is -2.36. The quantitative estimate of drug-likeness (QED) is 0.836. The summed E-state index contributed by atoms with van der Waals surface area (Å²) < 4.78 is 19.0. The number of carbonyl (C=O) groups is 1. The van der Waals surface area contributed by atoms with Gasteiger partial charge in [-0.3, -0.25) is 4.79 Å². The summed E-state index contributed by atoms with van der Waals surface area (Å²) in [4.78, 5) is 13.7. The van der Waals surface area contributed by atoms with E-state index < -0.39 is 0 Å². The Morgan fingerprint density at radius 2 is 2.28 bits per heavy atom. The maximum absolute atomic E-state index is 13.0. The molecule has 5 heteroatoms. The van der Waals surface area contributed by atoms with Crippen LogP contribution in [0, 0.1) is 5.82 Å². The molecule has 2 rings (SSSR count). The molecule has 1 aromatic carbocycles. The highest BCUT2D eigenvalue weighted by Gasteiger charge is 2.31. The average molecular weight is 316 g/mol. The van der Waals surface area contributed by atoms with Crippen LogP contribution < -0.4 is 4.74 Å². The number of ether oxygens (including phenoxy) is 1. The molecular formula is C13H15BrFNO2. The first-order chi connectivity index (χ1) is 8.61. The van der Waals surface area contributed by atoms with E-state index >= 15 is 0 Å². The van der Waals surface area contributed by atoms with Crippen molar-refractivity contribution < 1.29 is 13.9 Å². The number of hydrogen-bond donors (Lipinski definition) is 0. The molecule has 0 N–H and O–H groups in total. The molecule has 1 aliphatic rings. The van der Waals surface area contributed by atoms with E-state index in [0.717, 1.165) is 12.8 Å². The molecule has 0 radical (unpaired) electrons. The molecule has 3 nitrogen and oxygen atoms in total. The van der Waals surface area contributed by atoms with Gasteiger partial charge in [-0.15, -0.1) is 0 Å². The summed E-state index contributed by atoms with van der Waals surface area (Å²) in [5, 5.41) is 0. The Hall–Kier alpha value is -1.10. The van der Waals surface area contributed by atoms with Crippen LogP contribution in [0.4, 0.5) is 4.39 Å². The van der Waals surface area contributed by atoms with Gasteiger partial charge in [-0.1, -0.05) is 0 Å². The zero-order chi connectivity index (χ0) is 13.1. The minimum absolute atomic E-state index is 0.0452. The Bertz CT molecular complexity index is 449. The predicted octanol–water partition coefficient (Wildman–Crippen LogP) is 2.98. The number of likely N-dealkylation sites (N-methyl/N-ethyl adjacent to an activating group) is 1. The first kappa shape index (κ1) is 13.3. The number of benzene rings is 1. The van der Waals surface area contributed by atoms with E-state index in [1.165, 1.54) is 12.1 Å². The second-order valence-corrected chi connectivity index (χ2v) is 5.13. The van der Waals surface area contributed by atoms with E-state index in [-0.39, 0.29) is 18.3 Å². The molecule has 0 aromatic heterocycles. The lowest BCUT2D eigenvalue weighted by Gasteiger charge is -2.20. The average Bonchev–Trinajstić information content (AvgIpc) is 3.16. The van der Waals surface area contributed by atoms with Crippen LogP contribution in [0.1, 0.15) is 19.8 Å². The SMILES string of the molecule is CCN(C(=O)COc1cc(F)ccc1Br)C1CC1. The van der Waals surface area contributed by atoms with Gasteiger partial charge in [0, 0.05) is 18.7 Å². The van der Waals surface area contributed by atoms with Crippen LogP contribution in [-0.2, 0) is 4.79 Å². The standard InChI is InChI=1S/C13H15BrFNO2/c1-2-16(10-4-5-10)13(17)8-18-12-7-9(15)3-6-11(12)14/h3,6-7,10H,2,4-5,8H2,1H3. The van der Waals surface area contributed by atoms with E-state index in [2.05, 4.69) is 15.9 Å². The van der Waals surface area contributed by atoms with Crippen molar-refractivity contribution in [1.29, 1.82) is 0 Å². The van der Waals surface area contributed by atoms with Crippen molar-refractivity contribution in [3.05, 3.63) is 28.5 Å². The molecule has 1 fully saturated rings. The summed E-state index contributed by atoms with van der Waals surface area (Å²) >= 11 is 3.26. The maximum Gasteiger partial charge on any atom is 0.260 e. The minimum Gasteiger partial charge on any atom is -0.482 e. The number of carbonyl (C=O) groups excluding carboxylic acids is 1. The number of nitrogens with zero attached hydrogens (tertiary/aromatic N) is 1. The summed E-state index contributed by atoms with van der Waals surface area (Å²) in [6.45, 7) is 2.60. The highest BCUT2D eigenvalue weighted by Crippen LogP contribution is 2.28. The lowest BCUT2D eigenvalue weighted by molar-refractivity contribution is -0.133. The van der Waals surface area contributed by atoms with Crippen LogP contribution in [-0.4, -0.2) is 30.0 Å². The Kier molecular flexibility index (Phi) is 4.22. The van der Waals surface area contributed by atoms with Crippen LogP contribution >= 0.6 is 15.9 Å². The van der Waals surface area contributed by atoms with E-state index in [1.807, 2.05) is 11.8 Å². The maximum atomic E-state index is 13.0. The molecule has 1 aromatic rings. The molecule has 0 spiro atoms. The number of amides is 1. The van der Waals surface area contributed by atoms with Crippen molar-refractivity contribution in [1.82, 2.24) is 4.90 Å². The van der Waals surface area contributed by atoms with E-state index in [4.69, 9.17) is 4.74 Å². The van der Waals surface area contributed by atoms with Gasteiger partial charge in [-0.05, 0) is 47.8 Å². The summed E-state index contributed by atoms with van der Waals surface area (Å²) in [6.07, 6.45) is 2.15. The molecule has 1 saturated carbocycles. The first-order valence-electron chi connectivity index (χ1n) is 5.99. The molecule has 0 unspecified atom stereocenters. The number of halogens is 2. The van der Waals surface area contributed by atoms with Crippen LogP contribution in [0.5, 0.6) is 5.75 Å². The third kappa shape index (κ3) is 3.22. The molecule has 0 bridgehead atoms. The van der Waals surface area contributed by atoms with Crippen molar-refractivity contribution in [3.8, 4) is 5.75 Å². The number of hydrogen-bond acceptors (Lipinski definition) is 2. The number of rotatable bonds is 5. The second kappa shape index (κ2) is 5.69. The van der Waals surface area contributed by atoms with Gasteiger partial charge in [0.15, 0.2) is 6.61 Å². The molecule has 0 saturated heterocycles. The second-order valence-electron chi connectivity index (χ2n) is 4.27. The molecule has 0 aliphatic heterocycles.